The summed E-state index contributed by atoms with van der Waals surface area (Å²) in [4.78, 5) is 0. The van der Waals surface area contributed by atoms with Gasteiger partial charge < -0.3 is 10.1 Å². The van der Waals surface area contributed by atoms with Gasteiger partial charge in [0.1, 0.15) is 0 Å². The topological polar surface area (TPSA) is 58.6 Å². The molecule has 2 aliphatic heterocycles. The molecule has 5 nitrogen and oxygen atoms in total. The highest BCUT2D eigenvalue weighted by molar-refractivity contribution is 7.88. The van der Waals surface area contributed by atoms with E-state index in [0.717, 1.165) is 51.9 Å². The molecule has 21 heavy (non-hydrogen) atoms. The summed E-state index contributed by atoms with van der Waals surface area (Å²) < 4.78 is 30.7. The zero-order valence-electron chi connectivity index (χ0n) is 13.4. The fraction of sp³-hybridized carbons (Fsp3) is 1.00. The van der Waals surface area contributed by atoms with Crippen molar-refractivity contribution in [2.24, 2.45) is 11.8 Å². The minimum atomic E-state index is -3.04. The fourth-order valence-electron chi connectivity index (χ4n) is 3.52. The number of ether oxygens (including phenoxy) is 1. The summed E-state index contributed by atoms with van der Waals surface area (Å²) in [6, 6.07) is 0.469. The van der Waals surface area contributed by atoms with Gasteiger partial charge in [0.15, 0.2) is 0 Å². The molecule has 2 aliphatic rings. The van der Waals surface area contributed by atoms with Crippen LogP contribution in [0.1, 0.15) is 39.0 Å². The van der Waals surface area contributed by atoms with Crippen molar-refractivity contribution >= 4 is 10.0 Å². The zero-order chi connectivity index (χ0) is 15.3. The first-order valence-corrected chi connectivity index (χ1v) is 10.1. The maximum atomic E-state index is 11.7. The average Bonchev–Trinajstić information content (AvgIpc) is 2.97. The molecular weight excluding hydrogens is 288 g/mol. The summed E-state index contributed by atoms with van der Waals surface area (Å²) in [5.74, 6) is 1.06. The molecule has 6 heteroatoms. The smallest absolute Gasteiger partial charge is 0.211 e. The minimum absolute atomic E-state index is 0.469. The normalized spacial score (nSPS) is 29.6. The van der Waals surface area contributed by atoms with Gasteiger partial charge in [-0.2, -0.15) is 0 Å². The highest BCUT2D eigenvalue weighted by Crippen LogP contribution is 2.27. The predicted octanol–water partition coefficient (Wildman–Crippen LogP) is 1.45. The third-order valence-corrected chi connectivity index (χ3v) is 6.00. The van der Waals surface area contributed by atoms with Gasteiger partial charge in [0.25, 0.3) is 0 Å². The van der Waals surface area contributed by atoms with Crippen LogP contribution in [0.25, 0.3) is 0 Å². The van der Waals surface area contributed by atoms with Gasteiger partial charge in [-0.3, -0.25) is 0 Å². The lowest BCUT2D eigenvalue weighted by Crippen LogP contribution is -2.44. The van der Waals surface area contributed by atoms with Crippen LogP contribution in [-0.2, 0) is 14.8 Å². The van der Waals surface area contributed by atoms with Crippen LogP contribution in [0, 0.1) is 11.8 Å². The Labute approximate surface area is 129 Å². The molecule has 3 atom stereocenters. The molecule has 0 aromatic rings. The molecule has 2 saturated heterocycles. The van der Waals surface area contributed by atoms with E-state index < -0.39 is 10.0 Å². The molecule has 0 saturated carbocycles. The number of rotatable bonds is 7. The SMILES string of the molecule is CCCNC(CC1CCCN(S(C)(=O)=O)C1)C1CCOC1. The number of nitrogens with zero attached hydrogens (tertiary/aromatic N) is 1. The second-order valence-corrected chi connectivity index (χ2v) is 8.53. The summed E-state index contributed by atoms with van der Waals surface area (Å²) in [5, 5.41) is 3.66. The van der Waals surface area contributed by atoms with Crippen LogP contribution < -0.4 is 5.32 Å². The van der Waals surface area contributed by atoms with E-state index in [1.165, 1.54) is 6.26 Å². The standard InChI is InChI=1S/C15H30N2O3S/c1-3-7-16-15(14-6-9-20-12-14)10-13-5-4-8-17(11-13)21(2,18)19/h13-16H,3-12H2,1-2H3. The summed E-state index contributed by atoms with van der Waals surface area (Å²) in [7, 11) is -3.04. The monoisotopic (exact) mass is 318 g/mol. The summed E-state index contributed by atoms with van der Waals surface area (Å²) in [6.07, 6.45) is 6.78. The third kappa shape index (κ3) is 5.20. The van der Waals surface area contributed by atoms with Crippen molar-refractivity contribution in [3.05, 3.63) is 0 Å². The van der Waals surface area contributed by atoms with Gasteiger partial charge in [0.05, 0.1) is 12.9 Å². The van der Waals surface area contributed by atoms with Gasteiger partial charge in [-0.1, -0.05) is 6.92 Å². The Balaban J connectivity index is 1.92. The molecule has 0 amide bonds. The second kappa shape index (κ2) is 7.90. The molecule has 3 unspecified atom stereocenters. The van der Waals surface area contributed by atoms with Gasteiger partial charge in [-0.15, -0.1) is 0 Å². The van der Waals surface area contributed by atoms with Crippen molar-refractivity contribution in [3.63, 3.8) is 0 Å². The summed E-state index contributed by atoms with van der Waals surface area (Å²) in [5.41, 5.74) is 0. The van der Waals surface area contributed by atoms with Gasteiger partial charge in [0.2, 0.25) is 10.0 Å². The van der Waals surface area contributed by atoms with Crippen LogP contribution in [0.15, 0.2) is 0 Å². The van der Waals surface area contributed by atoms with Crippen molar-refractivity contribution in [2.75, 3.05) is 39.1 Å². The molecule has 1 N–H and O–H groups in total. The number of hydrogen-bond donors (Lipinski definition) is 1. The number of nitrogens with one attached hydrogen (secondary N) is 1. The van der Waals surface area contributed by atoms with E-state index in [-0.39, 0.29) is 0 Å². The zero-order valence-corrected chi connectivity index (χ0v) is 14.2. The Kier molecular flexibility index (Phi) is 6.47. The van der Waals surface area contributed by atoms with Gasteiger partial charge >= 0.3 is 0 Å². The lowest BCUT2D eigenvalue weighted by molar-refractivity contribution is 0.164. The molecule has 0 spiro atoms. The second-order valence-electron chi connectivity index (χ2n) is 6.55. The molecule has 0 aromatic carbocycles. The largest absolute Gasteiger partial charge is 0.381 e. The quantitative estimate of drug-likeness (QED) is 0.772. The van der Waals surface area contributed by atoms with Crippen molar-refractivity contribution in [1.29, 1.82) is 0 Å². The molecule has 0 aromatic heterocycles. The van der Waals surface area contributed by atoms with E-state index in [1.54, 1.807) is 4.31 Å². The number of hydrogen-bond acceptors (Lipinski definition) is 4. The Morgan fingerprint density at radius 2 is 2.19 bits per heavy atom. The molecule has 124 valence electrons. The average molecular weight is 318 g/mol. The van der Waals surface area contributed by atoms with Crippen molar-refractivity contribution in [3.8, 4) is 0 Å². The first-order valence-electron chi connectivity index (χ1n) is 8.27. The highest BCUT2D eigenvalue weighted by Gasteiger charge is 2.31. The van der Waals surface area contributed by atoms with Crippen LogP contribution in [0.5, 0.6) is 0 Å². The Hall–Kier alpha value is -0.170. The Morgan fingerprint density at radius 3 is 2.81 bits per heavy atom. The van der Waals surface area contributed by atoms with Crippen LogP contribution in [-0.4, -0.2) is 57.9 Å². The Morgan fingerprint density at radius 1 is 1.38 bits per heavy atom. The maximum Gasteiger partial charge on any atom is 0.211 e. The highest BCUT2D eigenvalue weighted by atomic mass is 32.2. The molecule has 2 fully saturated rings. The molecular formula is C15H30N2O3S. The van der Waals surface area contributed by atoms with Gasteiger partial charge in [-0.25, -0.2) is 12.7 Å². The first kappa shape index (κ1) is 17.2. The van der Waals surface area contributed by atoms with E-state index in [0.29, 0.717) is 31.0 Å². The van der Waals surface area contributed by atoms with Crippen LogP contribution in [0.2, 0.25) is 0 Å². The van der Waals surface area contributed by atoms with Crippen LogP contribution in [0.3, 0.4) is 0 Å². The number of piperidine rings is 1. The lowest BCUT2D eigenvalue weighted by atomic mass is 9.86. The van der Waals surface area contributed by atoms with Crippen LogP contribution >= 0.6 is 0 Å². The van der Waals surface area contributed by atoms with E-state index in [4.69, 9.17) is 4.74 Å². The van der Waals surface area contributed by atoms with E-state index >= 15 is 0 Å². The van der Waals surface area contributed by atoms with E-state index in [9.17, 15) is 8.42 Å². The summed E-state index contributed by atoms with van der Waals surface area (Å²) >= 11 is 0. The van der Waals surface area contributed by atoms with Crippen molar-refractivity contribution in [2.45, 2.75) is 45.1 Å². The number of sulfonamides is 1. The van der Waals surface area contributed by atoms with Gasteiger partial charge in [-0.05, 0) is 50.5 Å². The van der Waals surface area contributed by atoms with Crippen molar-refractivity contribution in [1.82, 2.24) is 9.62 Å². The maximum absolute atomic E-state index is 11.7. The minimum Gasteiger partial charge on any atom is -0.381 e. The van der Waals surface area contributed by atoms with E-state index in [1.807, 2.05) is 0 Å². The predicted molar refractivity (Wildman–Crippen MR) is 84.8 cm³/mol. The Bertz CT molecular complexity index is 407. The van der Waals surface area contributed by atoms with E-state index in [2.05, 4.69) is 12.2 Å². The van der Waals surface area contributed by atoms with Gasteiger partial charge in [0, 0.05) is 25.7 Å². The summed E-state index contributed by atoms with van der Waals surface area (Å²) in [6.45, 7) is 6.32. The first-order chi connectivity index (χ1) is 10.0. The fourth-order valence-corrected chi connectivity index (χ4v) is 4.46. The third-order valence-electron chi connectivity index (χ3n) is 4.73. The van der Waals surface area contributed by atoms with Crippen molar-refractivity contribution < 1.29 is 13.2 Å². The molecule has 0 radical (unpaired) electrons. The lowest BCUT2D eigenvalue weighted by Gasteiger charge is -2.34. The molecule has 0 bridgehead atoms. The molecule has 2 heterocycles. The molecule has 0 aliphatic carbocycles. The molecule has 2 rings (SSSR count). The van der Waals surface area contributed by atoms with Crippen LogP contribution in [0.4, 0.5) is 0 Å².